The molecule has 0 spiro atoms. The first-order chi connectivity index (χ1) is 7.96. The normalized spacial score (nSPS) is 16.5. The van der Waals surface area contributed by atoms with Crippen molar-refractivity contribution in [3.8, 4) is 0 Å². The van der Waals surface area contributed by atoms with E-state index in [-0.39, 0.29) is 0 Å². The third kappa shape index (κ3) is 4.16. The SMILES string of the molecule is C[Si](C)(C)CCOCn1cc(Cl)c(C2CC2)c1. The van der Waals surface area contributed by atoms with Crippen LogP contribution < -0.4 is 0 Å². The van der Waals surface area contributed by atoms with Gasteiger partial charge in [0.2, 0.25) is 0 Å². The molecule has 1 aliphatic rings. The second-order valence-corrected chi connectivity index (χ2v) is 12.2. The van der Waals surface area contributed by atoms with Crippen LogP contribution in [0.4, 0.5) is 0 Å². The van der Waals surface area contributed by atoms with Crippen LogP contribution in [0.25, 0.3) is 0 Å². The number of hydrogen-bond donors (Lipinski definition) is 0. The first-order valence-electron chi connectivity index (χ1n) is 6.39. The molecule has 0 aliphatic heterocycles. The lowest BCUT2D eigenvalue weighted by molar-refractivity contribution is 0.0874. The molecule has 0 atom stereocenters. The van der Waals surface area contributed by atoms with Crippen LogP contribution in [0, 0.1) is 0 Å². The monoisotopic (exact) mass is 271 g/mol. The van der Waals surface area contributed by atoms with Crippen molar-refractivity contribution in [2.75, 3.05) is 6.61 Å². The number of aromatic nitrogens is 1. The van der Waals surface area contributed by atoms with Crippen LogP contribution in [-0.4, -0.2) is 19.2 Å². The van der Waals surface area contributed by atoms with E-state index in [9.17, 15) is 0 Å². The molecule has 1 heterocycles. The molecule has 1 aliphatic carbocycles. The fourth-order valence-corrected chi connectivity index (χ4v) is 2.90. The summed E-state index contributed by atoms with van der Waals surface area (Å²) in [4.78, 5) is 0. The van der Waals surface area contributed by atoms with E-state index in [1.54, 1.807) is 0 Å². The van der Waals surface area contributed by atoms with E-state index in [0.29, 0.717) is 12.6 Å². The Hall–Kier alpha value is -0.253. The number of nitrogens with zero attached hydrogens (tertiary/aromatic N) is 1. The van der Waals surface area contributed by atoms with E-state index < -0.39 is 8.07 Å². The summed E-state index contributed by atoms with van der Waals surface area (Å²) in [5.41, 5.74) is 1.31. The Morgan fingerprint density at radius 2 is 2.06 bits per heavy atom. The molecule has 1 fully saturated rings. The molecular weight excluding hydrogens is 250 g/mol. The summed E-state index contributed by atoms with van der Waals surface area (Å²) in [6, 6.07) is 1.22. The highest BCUT2D eigenvalue weighted by atomic mass is 35.5. The third-order valence-electron chi connectivity index (χ3n) is 3.11. The smallest absolute Gasteiger partial charge is 0.122 e. The van der Waals surface area contributed by atoms with Crippen molar-refractivity contribution in [1.82, 2.24) is 4.57 Å². The average Bonchev–Trinajstić information content (AvgIpc) is 2.97. The Balaban J connectivity index is 1.77. The summed E-state index contributed by atoms with van der Waals surface area (Å²) in [7, 11) is -0.969. The molecule has 0 radical (unpaired) electrons. The van der Waals surface area contributed by atoms with Crippen LogP contribution in [0.15, 0.2) is 12.4 Å². The fourth-order valence-electron chi connectivity index (χ4n) is 1.82. The zero-order chi connectivity index (χ0) is 12.5. The van der Waals surface area contributed by atoms with Gasteiger partial charge in [0.15, 0.2) is 0 Å². The summed E-state index contributed by atoms with van der Waals surface area (Å²) in [5.74, 6) is 0.714. The van der Waals surface area contributed by atoms with Crippen molar-refractivity contribution in [1.29, 1.82) is 0 Å². The molecule has 96 valence electrons. The van der Waals surface area contributed by atoms with E-state index in [0.717, 1.165) is 11.6 Å². The van der Waals surface area contributed by atoms with Gasteiger partial charge in [-0.3, -0.25) is 0 Å². The highest BCUT2D eigenvalue weighted by molar-refractivity contribution is 6.76. The van der Waals surface area contributed by atoms with Gasteiger partial charge in [-0.15, -0.1) is 0 Å². The van der Waals surface area contributed by atoms with Crippen molar-refractivity contribution < 1.29 is 4.74 Å². The molecule has 0 aromatic carbocycles. The molecule has 1 saturated carbocycles. The van der Waals surface area contributed by atoms with Crippen molar-refractivity contribution in [2.24, 2.45) is 0 Å². The Kier molecular flexibility index (Phi) is 4.01. The van der Waals surface area contributed by atoms with Gasteiger partial charge in [0, 0.05) is 27.1 Å². The number of halogens is 1. The molecule has 17 heavy (non-hydrogen) atoms. The molecule has 0 bridgehead atoms. The predicted molar refractivity (Wildman–Crippen MR) is 75.5 cm³/mol. The van der Waals surface area contributed by atoms with Crippen LogP contribution in [0.5, 0.6) is 0 Å². The number of hydrogen-bond acceptors (Lipinski definition) is 1. The van der Waals surface area contributed by atoms with Gasteiger partial charge in [-0.05, 0) is 30.4 Å². The summed E-state index contributed by atoms with van der Waals surface area (Å²) >= 11 is 6.20. The minimum absolute atomic E-state index is 0.636. The van der Waals surface area contributed by atoms with Crippen molar-refractivity contribution >= 4 is 19.7 Å². The highest BCUT2D eigenvalue weighted by Gasteiger charge is 2.26. The first kappa shape index (κ1) is 13.2. The highest BCUT2D eigenvalue weighted by Crippen LogP contribution is 2.43. The topological polar surface area (TPSA) is 14.2 Å². The Labute approximate surface area is 110 Å². The van der Waals surface area contributed by atoms with E-state index in [1.807, 2.05) is 6.20 Å². The maximum Gasteiger partial charge on any atom is 0.122 e. The van der Waals surface area contributed by atoms with Gasteiger partial charge >= 0.3 is 0 Å². The van der Waals surface area contributed by atoms with Crippen LogP contribution in [0.1, 0.15) is 24.3 Å². The van der Waals surface area contributed by atoms with Gasteiger partial charge in [0.1, 0.15) is 6.73 Å². The van der Waals surface area contributed by atoms with Gasteiger partial charge in [0.25, 0.3) is 0 Å². The first-order valence-corrected chi connectivity index (χ1v) is 10.5. The maximum atomic E-state index is 6.20. The number of ether oxygens (including phenoxy) is 1. The molecule has 0 saturated heterocycles. The summed E-state index contributed by atoms with van der Waals surface area (Å²) in [6.45, 7) is 8.61. The second-order valence-electron chi connectivity index (χ2n) is 6.20. The summed E-state index contributed by atoms with van der Waals surface area (Å²) in [5, 5.41) is 0.904. The van der Waals surface area contributed by atoms with Gasteiger partial charge in [0.05, 0.1) is 5.02 Å². The molecular formula is C13H22ClNOSi. The van der Waals surface area contributed by atoms with E-state index >= 15 is 0 Å². The molecule has 1 aromatic heterocycles. The molecule has 0 unspecified atom stereocenters. The summed E-state index contributed by atoms with van der Waals surface area (Å²) in [6.07, 6.45) is 6.72. The molecule has 4 heteroatoms. The lowest BCUT2D eigenvalue weighted by atomic mass is 10.2. The Bertz CT molecular complexity index is 379. The second kappa shape index (κ2) is 5.17. The maximum absolute atomic E-state index is 6.20. The zero-order valence-corrected chi connectivity index (χ0v) is 12.8. The van der Waals surface area contributed by atoms with E-state index in [4.69, 9.17) is 16.3 Å². The quantitative estimate of drug-likeness (QED) is 0.555. The third-order valence-corrected chi connectivity index (χ3v) is 5.13. The molecule has 1 aromatic rings. The molecule has 0 amide bonds. The van der Waals surface area contributed by atoms with Gasteiger partial charge in [-0.25, -0.2) is 0 Å². The minimum atomic E-state index is -0.969. The Morgan fingerprint density at radius 1 is 1.35 bits per heavy atom. The molecule has 2 rings (SSSR count). The van der Waals surface area contributed by atoms with Crippen LogP contribution in [0.2, 0.25) is 30.7 Å². The molecule has 0 N–H and O–H groups in total. The lowest BCUT2D eigenvalue weighted by Gasteiger charge is -2.15. The van der Waals surface area contributed by atoms with Crippen LogP contribution in [-0.2, 0) is 11.5 Å². The molecule has 2 nitrogen and oxygen atoms in total. The Morgan fingerprint density at radius 3 is 2.65 bits per heavy atom. The van der Waals surface area contributed by atoms with Crippen molar-refractivity contribution in [3.63, 3.8) is 0 Å². The largest absolute Gasteiger partial charge is 0.361 e. The number of rotatable bonds is 6. The minimum Gasteiger partial charge on any atom is -0.361 e. The zero-order valence-electron chi connectivity index (χ0n) is 11.0. The lowest BCUT2D eigenvalue weighted by Crippen LogP contribution is -2.21. The van der Waals surface area contributed by atoms with Gasteiger partial charge in [-0.1, -0.05) is 31.2 Å². The van der Waals surface area contributed by atoms with Crippen molar-refractivity contribution in [3.05, 3.63) is 23.0 Å². The van der Waals surface area contributed by atoms with Crippen molar-refractivity contribution in [2.45, 2.75) is 51.2 Å². The predicted octanol–water partition coefficient (Wildman–Crippen LogP) is 4.33. The van der Waals surface area contributed by atoms with Gasteiger partial charge < -0.3 is 9.30 Å². The fraction of sp³-hybridized carbons (Fsp3) is 0.692. The van der Waals surface area contributed by atoms with E-state index in [2.05, 4.69) is 30.4 Å². The van der Waals surface area contributed by atoms with Crippen LogP contribution >= 0.6 is 11.6 Å². The van der Waals surface area contributed by atoms with E-state index in [1.165, 1.54) is 24.4 Å². The van der Waals surface area contributed by atoms with Gasteiger partial charge in [-0.2, -0.15) is 0 Å². The average molecular weight is 272 g/mol. The standard InChI is InChI=1S/C13H22ClNOSi/c1-17(2,3)7-6-16-10-15-8-12(11-4-5-11)13(14)9-15/h8-9,11H,4-7,10H2,1-3H3. The van der Waals surface area contributed by atoms with Crippen LogP contribution in [0.3, 0.4) is 0 Å². The summed E-state index contributed by atoms with van der Waals surface area (Å²) < 4.78 is 7.77.